The molecule has 0 saturated carbocycles. The number of rotatable bonds is 10. The van der Waals surface area contributed by atoms with Gasteiger partial charge >= 0.3 is 0 Å². The highest BCUT2D eigenvalue weighted by molar-refractivity contribution is 6.02. The van der Waals surface area contributed by atoms with Crippen LogP contribution in [-0.2, 0) is 4.79 Å². The summed E-state index contributed by atoms with van der Waals surface area (Å²) in [5.41, 5.74) is 3.29. The van der Waals surface area contributed by atoms with Gasteiger partial charge in [-0.15, -0.1) is 0 Å². The second kappa shape index (κ2) is 10.7. The first kappa shape index (κ1) is 23.1. The molecule has 2 aromatic carbocycles. The van der Waals surface area contributed by atoms with Crippen molar-refractivity contribution in [2.45, 2.75) is 45.1 Å². The molecule has 0 radical (unpaired) electrons. The lowest BCUT2D eigenvalue weighted by Gasteiger charge is -2.33. The Morgan fingerprint density at radius 3 is 2.58 bits per heavy atom. The van der Waals surface area contributed by atoms with E-state index in [-0.39, 0.29) is 11.8 Å². The van der Waals surface area contributed by atoms with Crippen LogP contribution >= 0.6 is 0 Å². The van der Waals surface area contributed by atoms with Crippen molar-refractivity contribution in [2.24, 2.45) is 0 Å². The van der Waals surface area contributed by atoms with E-state index in [1.54, 1.807) is 6.07 Å². The average Bonchev–Trinajstić information content (AvgIpc) is 3.27. The average molecular weight is 447 g/mol. The number of hydrogen-bond acceptors (Lipinski definition) is 3. The topological polar surface area (TPSA) is 77.2 Å². The van der Waals surface area contributed by atoms with Crippen molar-refractivity contribution in [1.82, 2.24) is 20.5 Å². The van der Waals surface area contributed by atoms with Gasteiger partial charge in [-0.1, -0.05) is 56.7 Å². The lowest BCUT2D eigenvalue weighted by atomic mass is 9.80. The summed E-state index contributed by atoms with van der Waals surface area (Å²) in [6.45, 7) is 8.11. The van der Waals surface area contributed by atoms with Gasteiger partial charge in [0.25, 0.3) is 5.91 Å². The fourth-order valence-corrected chi connectivity index (χ4v) is 4.79. The van der Waals surface area contributed by atoms with E-state index in [0.717, 1.165) is 48.1 Å². The molecule has 0 spiro atoms. The van der Waals surface area contributed by atoms with Crippen LogP contribution < -0.4 is 10.6 Å². The van der Waals surface area contributed by atoms with Crippen molar-refractivity contribution in [1.29, 1.82) is 0 Å². The zero-order chi connectivity index (χ0) is 23.2. The van der Waals surface area contributed by atoms with Crippen LogP contribution in [0.15, 0.2) is 54.7 Å². The van der Waals surface area contributed by atoms with Gasteiger partial charge in [-0.05, 0) is 50.2 Å². The number of benzene rings is 2. The predicted octanol–water partition coefficient (Wildman–Crippen LogP) is 4.36. The number of aromatic nitrogens is 1. The molecule has 2 unspecified atom stereocenters. The van der Waals surface area contributed by atoms with Crippen LogP contribution in [0.3, 0.4) is 0 Å². The Hall–Kier alpha value is -3.12. The minimum Gasteiger partial charge on any atom is -0.361 e. The number of carbonyl (C=O) groups excluding carboxylic acids is 2. The summed E-state index contributed by atoms with van der Waals surface area (Å²) in [5, 5.41) is 7.29. The summed E-state index contributed by atoms with van der Waals surface area (Å²) in [6, 6.07) is 15.0. The van der Waals surface area contributed by atoms with Crippen LogP contribution in [0.25, 0.3) is 10.9 Å². The molecule has 4 rings (SSSR count). The molecule has 6 nitrogen and oxygen atoms in total. The molecule has 1 aliphatic heterocycles. The normalized spacial score (nSPS) is 17.7. The van der Waals surface area contributed by atoms with E-state index in [1.807, 2.05) is 48.7 Å². The fraction of sp³-hybridized carbons (Fsp3) is 0.407. The summed E-state index contributed by atoms with van der Waals surface area (Å²) < 4.78 is 0. The zero-order valence-electron chi connectivity index (χ0n) is 19.6. The van der Waals surface area contributed by atoms with E-state index >= 15 is 0 Å². The van der Waals surface area contributed by atoms with Crippen molar-refractivity contribution in [3.05, 3.63) is 71.4 Å². The molecule has 1 aromatic heterocycles. The standard InChI is InChI=1S/C27H34N4O2/c1-3-5-16-31(4-2)17-10-15-28-27(33)24-20-12-6-7-13-21(20)26(32)30-25(24)22-18-29-23-14-9-8-11-19(22)23/h6-9,11-14,18,24-25,29H,3-5,10,15-17H2,1-2H3,(H,28,33)(H,30,32). The van der Waals surface area contributed by atoms with Gasteiger partial charge in [0.1, 0.15) is 0 Å². The highest BCUT2D eigenvalue weighted by atomic mass is 16.2. The Morgan fingerprint density at radius 2 is 1.76 bits per heavy atom. The summed E-state index contributed by atoms with van der Waals surface area (Å²) in [4.78, 5) is 32.1. The van der Waals surface area contributed by atoms with Crippen LogP contribution in [0.5, 0.6) is 0 Å². The van der Waals surface area contributed by atoms with Crippen LogP contribution in [0.1, 0.15) is 66.6 Å². The van der Waals surface area contributed by atoms with Crippen molar-refractivity contribution in [3.63, 3.8) is 0 Å². The zero-order valence-corrected chi connectivity index (χ0v) is 19.6. The van der Waals surface area contributed by atoms with Gasteiger partial charge in [0.15, 0.2) is 0 Å². The summed E-state index contributed by atoms with van der Waals surface area (Å²) in [7, 11) is 0. The number of H-pyrrole nitrogens is 1. The first-order chi connectivity index (χ1) is 16.1. The third-order valence-corrected chi connectivity index (χ3v) is 6.62. The molecule has 33 heavy (non-hydrogen) atoms. The van der Waals surface area contributed by atoms with Gasteiger partial charge in [0.2, 0.25) is 5.91 Å². The molecule has 2 atom stereocenters. The molecule has 0 saturated heterocycles. The third-order valence-electron chi connectivity index (χ3n) is 6.62. The van der Waals surface area contributed by atoms with Gasteiger partial charge in [0.05, 0.1) is 12.0 Å². The Kier molecular flexibility index (Phi) is 7.45. The van der Waals surface area contributed by atoms with E-state index in [9.17, 15) is 9.59 Å². The number of fused-ring (bicyclic) bond motifs is 2. The first-order valence-corrected chi connectivity index (χ1v) is 12.1. The Bertz CT molecular complexity index is 1110. The summed E-state index contributed by atoms with van der Waals surface area (Å²) >= 11 is 0. The molecule has 0 fully saturated rings. The number of carbonyl (C=O) groups is 2. The molecule has 2 heterocycles. The third kappa shape index (κ3) is 4.96. The number of unbranched alkanes of at least 4 members (excludes halogenated alkanes) is 1. The molecule has 6 heteroatoms. The maximum atomic E-state index is 13.5. The smallest absolute Gasteiger partial charge is 0.252 e. The molecule has 0 aliphatic carbocycles. The van der Waals surface area contributed by atoms with E-state index in [4.69, 9.17) is 0 Å². The van der Waals surface area contributed by atoms with Gasteiger partial charge in [0, 0.05) is 34.8 Å². The molecule has 3 aromatic rings. The maximum Gasteiger partial charge on any atom is 0.252 e. The lowest BCUT2D eigenvalue weighted by molar-refractivity contribution is -0.123. The molecule has 2 amide bonds. The predicted molar refractivity (Wildman–Crippen MR) is 132 cm³/mol. The number of nitrogens with one attached hydrogen (secondary N) is 3. The number of nitrogens with zero attached hydrogens (tertiary/aromatic N) is 1. The van der Waals surface area contributed by atoms with E-state index in [2.05, 4.69) is 34.4 Å². The molecular formula is C27H34N4O2. The molecule has 1 aliphatic rings. The Labute approximate surface area is 195 Å². The van der Waals surface area contributed by atoms with Crippen molar-refractivity contribution in [3.8, 4) is 0 Å². The van der Waals surface area contributed by atoms with Gasteiger partial charge < -0.3 is 20.5 Å². The monoisotopic (exact) mass is 446 g/mol. The Morgan fingerprint density at radius 1 is 1.00 bits per heavy atom. The van der Waals surface area contributed by atoms with E-state index < -0.39 is 12.0 Å². The van der Waals surface area contributed by atoms with Crippen LogP contribution in [0.2, 0.25) is 0 Å². The first-order valence-electron chi connectivity index (χ1n) is 12.1. The maximum absolute atomic E-state index is 13.5. The highest BCUT2D eigenvalue weighted by Crippen LogP contribution is 2.39. The SMILES string of the molecule is CCCCN(CC)CCCNC(=O)C1c2ccccc2C(=O)NC1c1c[nH]c2ccccc12. The second-order valence-corrected chi connectivity index (χ2v) is 8.74. The van der Waals surface area contributed by atoms with Gasteiger partial charge in [-0.2, -0.15) is 0 Å². The number of hydrogen-bond donors (Lipinski definition) is 3. The van der Waals surface area contributed by atoms with E-state index in [1.165, 1.54) is 12.8 Å². The van der Waals surface area contributed by atoms with Gasteiger partial charge in [-0.3, -0.25) is 9.59 Å². The molecular weight excluding hydrogens is 412 g/mol. The lowest BCUT2D eigenvalue weighted by Crippen LogP contribution is -2.45. The van der Waals surface area contributed by atoms with Crippen molar-refractivity contribution >= 4 is 22.7 Å². The highest BCUT2D eigenvalue weighted by Gasteiger charge is 2.39. The second-order valence-electron chi connectivity index (χ2n) is 8.74. The van der Waals surface area contributed by atoms with Crippen LogP contribution in [-0.4, -0.2) is 47.9 Å². The number of amides is 2. The van der Waals surface area contributed by atoms with Crippen molar-refractivity contribution < 1.29 is 9.59 Å². The molecule has 3 N–H and O–H groups in total. The summed E-state index contributed by atoms with van der Waals surface area (Å²) in [6.07, 6.45) is 5.21. The quantitative estimate of drug-likeness (QED) is 0.405. The number of para-hydroxylation sites is 1. The van der Waals surface area contributed by atoms with Crippen LogP contribution in [0, 0.1) is 0 Å². The largest absolute Gasteiger partial charge is 0.361 e. The summed E-state index contributed by atoms with van der Waals surface area (Å²) in [5.74, 6) is -0.672. The minimum absolute atomic E-state index is 0.0469. The number of aromatic amines is 1. The molecule has 0 bridgehead atoms. The van der Waals surface area contributed by atoms with E-state index in [0.29, 0.717) is 12.1 Å². The Balaban J connectivity index is 1.54. The van der Waals surface area contributed by atoms with Gasteiger partial charge in [-0.25, -0.2) is 0 Å². The van der Waals surface area contributed by atoms with Crippen LogP contribution in [0.4, 0.5) is 0 Å². The molecule has 174 valence electrons. The minimum atomic E-state index is -0.486. The van der Waals surface area contributed by atoms with Crippen molar-refractivity contribution in [2.75, 3.05) is 26.2 Å². The fourth-order valence-electron chi connectivity index (χ4n) is 4.79.